The Kier molecular flexibility index (Phi) is 15.1. The molecule has 0 aliphatic rings. The van der Waals surface area contributed by atoms with Crippen molar-refractivity contribution in [2.24, 2.45) is 33.8 Å². The van der Waals surface area contributed by atoms with Gasteiger partial charge in [-0.2, -0.15) is 11.8 Å². The number of carbonyl (C=O) groups is 5. The Bertz CT molecular complexity index is 775. The van der Waals surface area contributed by atoms with Crippen LogP contribution in [0.4, 0.5) is 0 Å². The van der Waals surface area contributed by atoms with Crippen LogP contribution in [0, 0.1) is 5.92 Å². The second kappa shape index (κ2) is 16.5. The van der Waals surface area contributed by atoms with Crippen LogP contribution in [0.2, 0.25) is 0 Å². The lowest BCUT2D eigenvalue weighted by Gasteiger charge is -2.25. The smallest absolute Gasteiger partial charge is 0.326 e. The van der Waals surface area contributed by atoms with Crippen LogP contribution in [0.15, 0.2) is 4.99 Å². The second-order valence-electron chi connectivity index (χ2n) is 8.19. The molecule has 4 unspecified atom stereocenters. The Morgan fingerprint density at radius 1 is 0.886 bits per heavy atom. The lowest BCUT2D eigenvalue weighted by molar-refractivity contribution is -0.142. The van der Waals surface area contributed by atoms with Crippen LogP contribution in [-0.2, 0) is 24.0 Å². The van der Waals surface area contributed by atoms with Gasteiger partial charge in [0, 0.05) is 6.54 Å². The summed E-state index contributed by atoms with van der Waals surface area (Å²) < 4.78 is 0. The molecule has 4 atom stereocenters. The van der Waals surface area contributed by atoms with Crippen LogP contribution < -0.4 is 38.9 Å². The lowest BCUT2D eigenvalue weighted by atomic mass is 10.0. The Morgan fingerprint density at radius 3 is 1.91 bits per heavy atom. The number of carboxylic acids is 1. The van der Waals surface area contributed by atoms with E-state index in [1.165, 1.54) is 11.8 Å². The molecule has 35 heavy (non-hydrogen) atoms. The number of nitrogens with zero attached hydrogens (tertiary/aromatic N) is 1. The van der Waals surface area contributed by atoms with Gasteiger partial charge in [-0.3, -0.25) is 24.2 Å². The van der Waals surface area contributed by atoms with Crippen molar-refractivity contribution in [2.45, 2.75) is 63.7 Å². The van der Waals surface area contributed by atoms with E-state index in [2.05, 4.69) is 20.9 Å². The molecule has 0 bridgehead atoms. The molecular formula is C20H38N8O6S. The second-order valence-corrected chi connectivity index (χ2v) is 9.18. The standard InChI is InChI=1S/C20H38N8O6S/c1-10(2)15(22)18(32)26-11(6-8-35-3)16(30)28-13(9-14(21)29)17(31)27-12(19(33)34)5-4-7-25-20(23)24/h10-13,15H,4-9,22H2,1-3H3,(H2,21,29)(H,26,32)(H,27,31)(H,28,30)(H,33,34)(H4,23,24,25). The van der Waals surface area contributed by atoms with Crippen LogP contribution in [0.3, 0.4) is 0 Å². The van der Waals surface area contributed by atoms with Crippen LogP contribution in [0.1, 0.15) is 39.5 Å². The number of guanidine groups is 1. The molecule has 0 aliphatic carbocycles. The van der Waals surface area contributed by atoms with E-state index < -0.39 is 60.2 Å². The Labute approximate surface area is 208 Å². The Hall–Kier alpha value is -3.07. The topological polar surface area (TPSA) is 258 Å². The molecule has 0 fully saturated rings. The molecule has 200 valence electrons. The van der Waals surface area contributed by atoms with Gasteiger partial charge in [-0.25, -0.2) is 4.79 Å². The number of amides is 4. The minimum absolute atomic E-state index is 0.00537. The normalized spacial score (nSPS) is 14.2. The van der Waals surface area contributed by atoms with E-state index in [-0.39, 0.29) is 37.7 Å². The average molecular weight is 519 g/mol. The predicted molar refractivity (Wildman–Crippen MR) is 133 cm³/mol. The number of nitrogens with one attached hydrogen (secondary N) is 3. The van der Waals surface area contributed by atoms with E-state index in [1.54, 1.807) is 13.8 Å². The number of rotatable bonds is 17. The molecule has 0 heterocycles. The van der Waals surface area contributed by atoms with Crippen LogP contribution in [-0.4, -0.2) is 83.4 Å². The molecule has 0 radical (unpaired) electrons. The third kappa shape index (κ3) is 13.4. The van der Waals surface area contributed by atoms with Crippen molar-refractivity contribution < 1.29 is 29.1 Å². The van der Waals surface area contributed by atoms with Crippen molar-refractivity contribution in [3.8, 4) is 0 Å². The predicted octanol–water partition coefficient (Wildman–Crippen LogP) is -2.81. The van der Waals surface area contributed by atoms with Crippen molar-refractivity contribution in [1.82, 2.24) is 16.0 Å². The molecule has 0 aromatic carbocycles. The fourth-order valence-electron chi connectivity index (χ4n) is 2.79. The van der Waals surface area contributed by atoms with Gasteiger partial charge in [-0.05, 0) is 37.2 Å². The maximum Gasteiger partial charge on any atom is 0.326 e. The molecule has 15 heteroatoms. The highest BCUT2D eigenvalue weighted by Crippen LogP contribution is 2.06. The van der Waals surface area contributed by atoms with Gasteiger partial charge >= 0.3 is 5.97 Å². The van der Waals surface area contributed by atoms with Gasteiger partial charge in [0.2, 0.25) is 23.6 Å². The minimum Gasteiger partial charge on any atom is -0.480 e. The Balaban J connectivity index is 5.45. The van der Waals surface area contributed by atoms with E-state index >= 15 is 0 Å². The number of nitrogens with two attached hydrogens (primary N) is 4. The van der Waals surface area contributed by atoms with Crippen molar-refractivity contribution in [3.63, 3.8) is 0 Å². The molecular weight excluding hydrogens is 480 g/mol. The van der Waals surface area contributed by atoms with Crippen LogP contribution in [0.5, 0.6) is 0 Å². The minimum atomic E-state index is -1.45. The maximum absolute atomic E-state index is 12.9. The maximum atomic E-state index is 12.9. The quantitative estimate of drug-likeness (QED) is 0.0556. The fraction of sp³-hybridized carbons (Fsp3) is 0.700. The molecule has 0 spiro atoms. The summed E-state index contributed by atoms with van der Waals surface area (Å²) in [7, 11) is 0. The summed E-state index contributed by atoms with van der Waals surface area (Å²) in [4.78, 5) is 64.9. The van der Waals surface area contributed by atoms with E-state index in [0.29, 0.717) is 5.75 Å². The SMILES string of the molecule is CSCCC(NC(=O)C(N)C(C)C)C(=O)NC(CC(N)=O)C(=O)NC(CCCN=C(N)N)C(=O)O. The number of aliphatic imine (C=N–C) groups is 1. The van der Waals surface area contributed by atoms with Gasteiger partial charge in [-0.15, -0.1) is 0 Å². The summed E-state index contributed by atoms with van der Waals surface area (Å²) >= 11 is 1.44. The monoisotopic (exact) mass is 518 g/mol. The van der Waals surface area contributed by atoms with Gasteiger partial charge in [0.05, 0.1) is 12.5 Å². The summed E-state index contributed by atoms with van der Waals surface area (Å²) in [5, 5.41) is 16.7. The highest BCUT2D eigenvalue weighted by Gasteiger charge is 2.31. The number of primary amides is 1. The summed E-state index contributed by atoms with van der Waals surface area (Å²) in [6.45, 7) is 3.66. The highest BCUT2D eigenvalue weighted by molar-refractivity contribution is 7.98. The fourth-order valence-corrected chi connectivity index (χ4v) is 3.26. The molecule has 0 saturated heterocycles. The van der Waals surface area contributed by atoms with Crippen molar-refractivity contribution in [3.05, 3.63) is 0 Å². The first-order valence-electron chi connectivity index (χ1n) is 11.0. The van der Waals surface area contributed by atoms with E-state index in [0.717, 1.165) is 0 Å². The van der Waals surface area contributed by atoms with Gasteiger partial charge in [-0.1, -0.05) is 13.8 Å². The first-order chi connectivity index (χ1) is 16.3. The summed E-state index contributed by atoms with van der Waals surface area (Å²) in [6.07, 6.45) is 1.72. The zero-order chi connectivity index (χ0) is 27.1. The number of hydrogen-bond acceptors (Lipinski definition) is 8. The molecule has 0 aromatic heterocycles. The van der Waals surface area contributed by atoms with Crippen molar-refractivity contribution >= 4 is 47.3 Å². The van der Waals surface area contributed by atoms with Gasteiger partial charge in [0.15, 0.2) is 5.96 Å². The average Bonchev–Trinajstić information content (AvgIpc) is 2.76. The van der Waals surface area contributed by atoms with Gasteiger partial charge in [0.1, 0.15) is 18.1 Å². The molecule has 0 aliphatic heterocycles. The number of carbonyl (C=O) groups excluding carboxylic acids is 4. The first-order valence-corrected chi connectivity index (χ1v) is 12.4. The molecule has 0 rings (SSSR count). The molecule has 0 saturated carbocycles. The van der Waals surface area contributed by atoms with Crippen molar-refractivity contribution in [2.75, 3.05) is 18.6 Å². The summed E-state index contributed by atoms with van der Waals surface area (Å²) in [5.41, 5.74) is 21.5. The lowest BCUT2D eigenvalue weighted by Crippen LogP contribution is -2.58. The number of carboxylic acid groups (broad SMARTS) is 1. The Morgan fingerprint density at radius 2 is 1.43 bits per heavy atom. The van der Waals surface area contributed by atoms with E-state index in [4.69, 9.17) is 22.9 Å². The zero-order valence-electron chi connectivity index (χ0n) is 20.3. The molecule has 12 N–H and O–H groups in total. The zero-order valence-corrected chi connectivity index (χ0v) is 21.1. The van der Waals surface area contributed by atoms with Gasteiger partial charge in [0.25, 0.3) is 0 Å². The van der Waals surface area contributed by atoms with Crippen molar-refractivity contribution in [1.29, 1.82) is 0 Å². The van der Waals surface area contributed by atoms with Crippen LogP contribution >= 0.6 is 11.8 Å². The summed E-state index contributed by atoms with van der Waals surface area (Å²) in [6, 6.07) is -4.65. The van der Waals surface area contributed by atoms with E-state index in [9.17, 15) is 29.1 Å². The molecule has 0 aromatic rings. The summed E-state index contributed by atoms with van der Waals surface area (Å²) in [5.74, 6) is -4.21. The van der Waals surface area contributed by atoms with Crippen LogP contribution in [0.25, 0.3) is 0 Å². The first kappa shape index (κ1) is 31.9. The molecule has 4 amide bonds. The third-order valence-corrected chi connectivity index (χ3v) is 5.51. The number of thioether (sulfide) groups is 1. The largest absolute Gasteiger partial charge is 0.480 e. The third-order valence-electron chi connectivity index (χ3n) is 4.86. The molecule has 14 nitrogen and oxygen atoms in total. The highest BCUT2D eigenvalue weighted by atomic mass is 32.2. The number of hydrogen-bond donors (Lipinski definition) is 8. The van der Waals surface area contributed by atoms with E-state index in [1.807, 2.05) is 6.26 Å². The number of aliphatic carboxylic acids is 1. The van der Waals surface area contributed by atoms with Gasteiger partial charge < -0.3 is 44.0 Å².